The molecule has 58 heavy (non-hydrogen) atoms. The van der Waals surface area contributed by atoms with Gasteiger partial charge in [0.2, 0.25) is 0 Å². The number of rotatable bonds is 7. The standard InChI is InChI=1S/C57H39N/c1-4-18-44(19-5-1)57(45-20-6-2-7-21-45)55-29-13-12-24-53(55)54-37-36-48(39-56(54)57)58(46-22-8-3-9-23-46)47-34-32-41(33-35-47)49-25-14-28-52-50(26-15-27-51(49)52)43-31-30-40-16-10-11-17-42(40)38-43/h1-39H. The summed E-state index contributed by atoms with van der Waals surface area (Å²) in [5, 5.41) is 5.01. The quantitative estimate of drug-likeness (QED) is 0.157. The summed E-state index contributed by atoms with van der Waals surface area (Å²) in [6, 6.07) is 86.7. The van der Waals surface area contributed by atoms with E-state index in [1.165, 1.54) is 77.2 Å². The molecule has 0 spiro atoms. The molecule has 10 aromatic rings. The Kier molecular flexibility index (Phi) is 8.12. The molecule has 0 atom stereocenters. The first-order valence-electron chi connectivity index (χ1n) is 20.1. The van der Waals surface area contributed by atoms with E-state index in [0.29, 0.717) is 0 Å². The molecule has 0 fully saturated rings. The minimum atomic E-state index is -0.475. The summed E-state index contributed by atoms with van der Waals surface area (Å²) >= 11 is 0. The van der Waals surface area contributed by atoms with Gasteiger partial charge in [-0.05, 0) is 120 Å². The maximum atomic E-state index is 2.44. The largest absolute Gasteiger partial charge is 0.310 e. The lowest BCUT2D eigenvalue weighted by Crippen LogP contribution is -2.28. The second-order valence-electron chi connectivity index (χ2n) is 15.2. The topological polar surface area (TPSA) is 3.24 Å². The number of anilines is 3. The van der Waals surface area contributed by atoms with Crippen LogP contribution in [0.5, 0.6) is 0 Å². The van der Waals surface area contributed by atoms with Crippen molar-refractivity contribution >= 4 is 38.6 Å². The maximum absolute atomic E-state index is 2.44. The van der Waals surface area contributed by atoms with Gasteiger partial charge in [-0.2, -0.15) is 0 Å². The summed E-state index contributed by atoms with van der Waals surface area (Å²) in [5.41, 5.74) is 15.4. The van der Waals surface area contributed by atoms with Gasteiger partial charge in [0, 0.05) is 17.1 Å². The van der Waals surface area contributed by atoms with E-state index in [1.54, 1.807) is 0 Å². The Balaban J connectivity index is 1.04. The van der Waals surface area contributed by atoms with Crippen LogP contribution < -0.4 is 4.90 Å². The van der Waals surface area contributed by atoms with Crippen molar-refractivity contribution in [3.8, 4) is 33.4 Å². The minimum absolute atomic E-state index is 0.475. The number of hydrogen-bond acceptors (Lipinski definition) is 1. The van der Waals surface area contributed by atoms with Crippen LogP contribution in [0.1, 0.15) is 22.3 Å². The van der Waals surface area contributed by atoms with Crippen molar-refractivity contribution in [1.82, 2.24) is 0 Å². The summed E-state index contributed by atoms with van der Waals surface area (Å²) in [6.07, 6.45) is 0. The van der Waals surface area contributed by atoms with Gasteiger partial charge < -0.3 is 4.90 Å². The van der Waals surface area contributed by atoms with Crippen LogP contribution in [0.3, 0.4) is 0 Å². The van der Waals surface area contributed by atoms with E-state index in [1.807, 2.05) is 0 Å². The van der Waals surface area contributed by atoms with Crippen LogP contribution in [-0.4, -0.2) is 0 Å². The number of benzene rings is 10. The fraction of sp³-hybridized carbons (Fsp3) is 0.0175. The summed E-state index contributed by atoms with van der Waals surface area (Å²) < 4.78 is 0. The first-order chi connectivity index (χ1) is 28.8. The van der Waals surface area contributed by atoms with E-state index in [-0.39, 0.29) is 0 Å². The molecule has 0 unspecified atom stereocenters. The van der Waals surface area contributed by atoms with Crippen LogP contribution in [0, 0.1) is 0 Å². The van der Waals surface area contributed by atoms with Crippen molar-refractivity contribution in [1.29, 1.82) is 0 Å². The highest BCUT2D eigenvalue weighted by Crippen LogP contribution is 2.57. The van der Waals surface area contributed by atoms with E-state index >= 15 is 0 Å². The third-order valence-corrected chi connectivity index (χ3v) is 12.1. The van der Waals surface area contributed by atoms with Gasteiger partial charge in [-0.1, -0.05) is 194 Å². The Morgan fingerprint density at radius 2 is 0.776 bits per heavy atom. The van der Waals surface area contributed by atoms with Crippen LogP contribution in [0.2, 0.25) is 0 Å². The average molecular weight is 738 g/mol. The van der Waals surface area contributed by atoms with Crippen molar-refractivity contribution in [3.05, 3.63) is 259 Å². The summed E-state index contributed by atoms with van der Waals surface area (Å²) in [5.74, 6) is 0. The van der Waals surface area contributed by atoms with Gasteiger partial charge in [-0.3, -0.25) is 0 Å². The Bertz CT molecular complexity index is 3050. The van der Waals surface area contributed by atoms with Crippen LogP contribution in [0.25, 0.3) is 54.9 Å². The zero-order valence-corrected chi connectivity index (χ0v) is 32.0. The molecule has 0 aromatic heterocycles. The monoisotopic (exact) mass is 737 g/mol. The van der Waals surface area contributed by atoms with Crippen LogP contribution in [0.4, 0.5) is 17.1 Å². The van der Waals surface area contributed by atoms with Gasteiger partial charge in [0.15, 0.2) is 0 Å². The molecule has 1 nitrogen and oxygen atoms in total. The molecule has 272 valence electrons. The third-order valence-electron chi connectivity index (χ3n) is 12.1. The highest BCUT2D eigenvalue weighted by Gasteiger charge is 2.46. The van der Waals surface area contributed by atoms with Crippen molar-refractivity contribution < 1.29 is 0 Å². The third kappa shape index (κ3) is 5.39. The Morgan fingerprint density at radius 1 is 0.276 bits per heavy atom. The summed E-state index contributed by atoms with van der Waals surface area (Å²) in [6.45, 7) is 0. The molecule has 0 bridgehead atoms. The van der Waals surface area contributed by atoms with Gasteiger partial charge >= 0.3 is 0 Å². The van der Waals surface area contributed by atoms with E-state index in [9.17, 15) is 0 Å². The molecule has 1 aliphatic carbocycles. The van der Waals surface area contributed by atoms with Crippen molar-refractivity contribution in [2.24, 2.45) is 0 Å². The molecule has 1 heteroatoms. The smallest absolute Gasteiger partial charge is 0.0714 e. The minimum Gasteiger partial charge on any atom is -0.310 e. The lowest BCUT2D eigenvalue weighted by atomic mass is 9.67. The molecule has 0 aliphatic heterocycles. The van der Waals surface area contributed by atoms with E-state index in [0.717, 1.165) is 17.1 Å². The maximum Gasteiger partial charge on any atom is 0.0714 e. The zero-order valence-electron chi connectivity index (χ0n) is 32.0. The first-order valence-corrected chi connectivity index (χ1v) is 20.1. The summed E-state index contributed by atoms with van der Waals surface area (Å²) in [7, 11) is 0. The molecule has 0 radical (unpaired) electrons. The van der Waals surface area contributed by atoms with Gasteiger partial charge in [-0.25, -0.2) is 0 Å². The lowest BCUT2D eigenvalue weighted by Gasteiger charge is -2.35. The number of fused-ring (bicyclic) bond motifs is 5. The zero-order chi connectivity index (χ0) is 38.5. The lowest BCUT2D eigenvalue weighted by molar-refractivity contribution is 0.768. The molecule has 0 N–H and O–H groups in total. The number of para-hydroxylation sites is 1. The van der Waals surface area contributed by atoms with E-state index in [2.05, 4.69) is 241 Å². The van der Waals surface area contributed by atoms with E-state index < -0.39 is 5.41 Å². The highest BCUT2D eigenvalue weighted by atomic mass is 15.1. The highest BCUT2D eigenvalue weighted by molar-refractivity contribution is 6.05. The molecular weight excluding hydrogens is 699 g/mol. The molecule has 1 aliphatic rings. The van der Waals surface area contributed by atoms with E-state index in [4.69, 9.17) is 0 Å². The Labute approximate surface area is 339 Å². The normalized spacial score (nSPS) is 12.6. The van der Waals surface area contributed by atoms with Crippen molar-refractivity contribution in [2.75, 3.05) is 4.90 Å². The predicted molar refractivity (Wildman–Crippen MR) is 244 cm³/mol. The second-order valence-corrected chi connectivity index (χ2v) is 15.2. The van der Waals surface area contributed by atoms with Crippen LogP contribution >= 0.6 is 0 Å². The SMILES string of the molecule is c1ccc(N(c2ccc(-c3cccc4c(-c5ccc6ccccc6c5)cccc34)cc2)c2ccc3c(c2)C(c2ccccc2)(c2ccccc2)c2ccccc2-3)cc1. The van der Waals surface area contributed by atoms with Gasteiger partial charge in [0.1, 0.15) is 0 Å². The molecular formula is C57H39N. The van der Waals surface area contributed by atoms with Crippen LogP contribution in [0.15, 0.2) is 237 Å². The molecule has 0 amide bonds. The molecule has 0 saturated carbocycles. The summed E-state index contributed by atoms with van der Waals surface area (Å²) in [4.78, 5) is 2.40. The molecule has 0 saturated heterocycles. The molecule has 0 heterocycles. The van der Waals surface area contributed by atoms with Crippen LogP contribution in [-0.2, 0) is 5.41 Å². The second kappa shape index (κ2) is 13.9. The average Bonchev–Trinajstić information content (AvgIpc) is 3.60. The fourth-order valence-electron chi connectivity index (χ4n) is 9.56. The fourth-order valence-corrected chi connectivity index (χ4v) is 9.56. The Hall–Kier alpha value is -7.48. The van der Waals surface area contributed by atoms with Gasteiger partial charge in [0.25, 0.3) is 0 Å². The molecule has 10 aromatic carbocycles. The van der Waals surface area contributed by atoms with Crippen molar-refractivity contribution in [3.63, 3.8) is 0 Å². The Morgan fingerprint density at radius 3 is 1.47 bits per heavy atom. The first kappa shape index (κ1) is 33.8. The predicted octanol–water partition coefficient (Wildman–Crippen LogP) is 15.2. The van der Waals surface area contributed by atoms with Gasteiger partial charge in [-0.15, -0.1) is 0 Å². The van der Waals surface area contributed by atoms with Gasteiger partial charge in [0.05, 0.1) is 5.41 Å². The number of nitrogens with zero attached hydrogens (tertiary/aromatic N) is 1. The molecule has 11 rings (SSSR count). The number of hydrogen-bond donors (Lipinski definition) is 0. The van der Waals surface area contributed by atoms with Crippen molar-refractivity contribution in [2.45, 2.75) is 5.41 Å².